The van der Waals surface area contributed by atoms with E-state index in [1.54, 1.807) is 11.1 Å². The van der Waals surface area contributed by atoms with Gasteiger partial charge in [0, 0.05) is 22.5 Å². The summed E-state index contributed by atoms with van der Waals surface area (Å²) >= 11 is 0. The number of anilines is 3. The number of rotatable bonds is 6. The van der Waals surface area contributed by atoms with Gasteiger partial charge in [0.05, 0.1) is 0 Å². The van der Waals surface area contributed by atoms with Crippen molar-refractivity contribution in [2.75, 3.05) is 4.90 Å². The molecule has 6 aromatic carbocycles. The Morgan fingerprint density at radius 1 is 0.415 bits per heavy atom. The minimum Gasteiger partial charge on any atom is -0.311 e. The Morgan fingerprint density at radius 2 is 0.943 bits per heavy atom. The van der Waals surface area contributed by atoms with E-state index in [-0.39, 0.29) is 5.41 Å². The van der Waals surface area contributed by atoms with E-state index in [2.05, 4.69) is 150 Å². The number of benzene rings is 6. The largest absolute Gasteiger partial charge is 0.311 e. The van der Waals surface area contributed by atoms with Gasteiger partial charge in [-0.15, -0.1) is 0 Å². The second-order valence-electron chi connectivity index (χ2n) is 17.2. The van der Waals surface area contributed by atoms with Gasteiger partial charge in [-0.1, -0.05) is 128 Å². The zero-order valence-corrected chi connectivity index (χ0v) is 30.8. The molecule has 53 heavy (non-hydrogen) atoms. The molecule has 0 saturated heterocycles. The topological polar surface area (TPSA) is 3.24 Å². The van der Waals surface area contributed by atoms with Crippen LogP contribution in [0, 0.1) is 23.7 Å². The molecule has 0 amide bonds. The van der Waals surface area contributed by atoms with E-state index in [4.69, 9.17) is 0 Å². The van der Waals surface area contributed by atoms with Gasteiger partial charge >= 0.3 is 0 Å². The lowest BCUT2D eigenvalue weighted by atomic mass is 9.42. The van der Waals surface area contributed by atoms with Crippen LogP contribution in [-0.4, -0.2) is 0 Å². The molecule has 1 nitrogen and oxygen atoms in total. The highest BCUT2D eigenvalue weighted by Gasteiger charge is 2.62. The van der Waals surface area contributed by atoms with Crippen LogP contribution in [0.25, 0.3) is 33.4 Å². The maximum atomic E-state index is 2.50. The van der Waals surface area contributed by atoms with Crippen molar-refractivity contribution in [3.63, 3.8) is 0 Å². The molecule has 0 radical (unpaired) electrons. The monoisotopic (exact) mass is 687 g/mol. The Hall–Kier alpha value is -4.88. The fraction of sp³-hybridized carbons (Fsp3) is 0.308. The van der Waals surface area contributed by atoms with Crippen molar-refractivity contribution in [2.24, 2.45) is 23.7 Å². The van der Waals surface area contributed by atoms with Gasteiger partial charge in [-0.05, 0) is 161 Å². The molecule has 5 saturated carbocycles. The Labute approximate surface area is 315 Å². The molecule has 1 heteroatoms. The molecule has 0 aliphatic heterocycles. The van der Waals surface area contributed by atoms with Crippen LogP contribution < -0.4 is 4.90 Å². The molecular weight excluding hydrogens is 639 g/mol. The van der Waals surface area contributed by atoms with Crippen LogP contribution >= 0.6 is 0 Å². The lowest BCUT2D eigenvalue weighted by molar-refractivity contribution is -0.0397. The third-order valence-electron chi connectivity index (χ3n) is 14.5. The van der Waals surface area contributed by atoms with E-state index in [9.17, 15) is 0 Å². The van der Waals surface area contributed by atoms with E-state index in [1.165, 1.54) is 120 Å². The van der Waals surface area contributed by atoms with Gasteiger partial charge in [0.2, 0.25) is 0 Å². The maximum Gasteiger partial charge on any atom is 0.0462 e. The van der Waals surface area contributed by atoms with Crippen LogP contribution in [0.3, 0.4) is 0 Å². The van der Waals surface area contributed by atoms with Crippen LogP contribution in [0.4, 0.5) is 17.1 Å². The minimum atomic E-state index is 0.154. The molecule has 0 heterocycles. The first-order chi connectivity index (χ1) is 26.2. The summed E-state index contributed by atoms with van der Waals surface area (Å²) in [5.74, 6) is 4.10. The molecule has 0 aromatic heterocycles. The smallest absolute Gasteiger partial charge is 0.0462 e. The summed E-state index contributed by atoms with van der Waals surface area (Å²) in [6.45, 7) is 0. The van der Waals surface area contributed by atoms with E-state index in [0.717, 1.165) is 23.7 Å². The molecule has 5 fully saturated rings. The van der Waals surface area contributed by atoms with Crippen LogP contribution in [-0.2, 0) is 5.41 Å². The molecule has 0 atom stereocenters. The Kier molecular flexibility index (Phi) is 7.53. The summed E-state index contributed by atoms with van der Waals surface area (Å²) in [7, 11) is 0. The summed E-state index contributed by atoms with van der Waals surface area (Å²) < 4.78 is 0. The zero-order chi connectivity index (χ0) is 34.9. The maximum absolute atomic E-state index is 2.50. The number of hydrogen-bond donors (Lipinski definition) is 0. The lowest BCUT2D eigenvalue weighted by Gasteiger charge is -2.61. The lowest BCUT2D eigenvalue weighted by Crippen LogP contribution is -2.55. The Bertz CT molecular complexity index is 2230. The highest BCUT2D eigenvalue weighted by Crippen LogP contribution is 2.70. The number of nitrogens with zero attached hydrogens (tertiary/aromatic N) is 1. The summed E-state index contributed by atoms with van der Waals surface area (Å²) in [6, 6.07) is 55.7. The number of hydrogen-bond acceptors (Lipinski definition) is 1. The molecule has 4 bridgehead atoms. The SMILES string of the molecule is c1ccc(-c2ccc(N(c3ccc(-c4cccc5c4C4(c6ccccc6-5)C5CC6CC(C5)CC4C6)cc3)c3ccc(C4CCCCC4)cc3)cc2)cc1. The first-order valence-corrected chi connectivity index (χ1v) is 20.6. The normalized spacial score (nSPS) is 25.4. The second kappa shape index (κ2) is 12.6. The summed E-state index contributed by atoms with van der Waals surface area (Å²) in [4.78, 5) is 2.45. The van der Waals surface area contributed by atoms with Gasteiger partial charge in [0.15, 0.2) is 0 Å². The third kappa shape index (κ3) is 5.03. The number of fused-ring (bicyclic) bond motifs is 3. The molecule has 6 aliphatic rings. The van der Waals surface area contributed by atoms with E-state index < -0.39 is 0 Å². The fourth-order valence-corrected chi connectivity index (χ4v) is 12.5. The van der Waals surface area contributed by atoms with Crippen LogP contribution in [0.2, 0.25) is 0 Å². The quantitative estimate of drug-likeness (QED) is 0.168. The van der Waals surface area contributed by atoms with E-state index in [1.807, 2.05) is 0 Å². The predicted octanol–water partition coefficient (Wildman–Crippen LogP) is 14.3. The molecular formula is C52H49N. The van der Waals surface area contributed by atoms with Gasteiger partial charge in [-0.2, -0.15) is 0 Å². The first-order valence-electron chi connectivity index (χ1n) is 20.6. The van der Waals surface area contributed by atoms with E-state index >= 15 is 0 Å². The highest BCUT2D eigenvalue weighted by molar-refractivity contribution is 5.90. The van der Waals surface area contributed by atoms with Crippen LogP contribution in [0.5, 0.6) is 0 Å². The summed E-state index contributed by atoms with van der Waals surface area (Å²) in [6.07, 6.45) is 13.9. The van der Waals surface area contributed by atoms with Crippen molar-refractivity contribution in [3.8, 4) is 33.4 Å². The van der Waals surface area contributed by atoms with Gasteiger partial charge < -0.3 is 4.90 Å². The Balaban J connectivity index is 0.997. The molecule has 262 valence electrons. The van der Waals surface area contributed by atoms with Gasteiger partial charge in [-0.25, -0.2) is 0 Å². The standard InChI is InChI=1S/C52H49N/c1-3-10-37(11-4-1)39-18-24-44(25-19-39)53(45-26-20-40(21-27-45)38-12-5-2-6-13-38)46-28-22-41(23-29-46)47-15-9-16-49-48-14-7-8-17-50(48)52(51(47)49)42-31-35-30-36(33-42)34-43(52)32-35/h1,3-4,7-11,14-29,35-36,38,42-43H,2,5-6,12-13,30-34H2. The molecule has 0 N–H and O–H groups in total. The second-order valence-corrected chi connectivity index (χ2v) is 17.2. The fourth-order valence-electron chi connectivity index (χ4n) is 12.5. The van der Waals surface area contributed by atoms with Crippen LogP contribution in [0.15, 0.2) is 146 Å². The minimum absolute atomic E-state index is 0.154. The molecule has 1 spiro atoms. The van der Waals surface area contributed by atoms with Gasteiger partial charge in [0.1, 0.15) is 0 Å². The van der Waals surface area contributed by atoms with Crippen molar-refractivity contribution in [1.82, 2.24) is 0 Å². The molecule has 6 aliphatic carbocycles. The molecule has 0 unspecified atom stereocenters. The molecule has 6 aromatic rings. The highest BCUT2D eigenvalue weighted by atomic mass is 15.1. The third-order valence-corrected chi connectivity index (χ3v) is 14.5. The van der Waals surface area contributed by atoms with Crippen molar-refractivity contribution in [3.05, 3.63) is 162 Å². The van der Waals surface area contributed by atoms with Crippen molar-refractivity contribution in [1.29, 1.82) is 0 Å². The summed E-state index contributed by atoms with van der Waals surface area (Å²) in [5.41, 5.74) is 16.8. The molecule has 12 rings (SSSR count). The zero-order valence-electron chi connectivity index (χ0n) is 30.8. The predicted molar refractivity (Wildman–Crippen MR) is 221 cm³/mol. The van der Waals surface area contributed by atoms with Gasteiger partial charge in [0.25, 0.3) is 0 Å². The van der Waals surface area contributed by atoms with Crippen molar-refractivity contribution < 1.29 is 0 Å². The Morgan fingerprint density at radius 3 is 1.60 bits per heavy atom. The van der Waals surface area contributed by atoms with Crippen LogP contribution in [0.1, 0.15) is 86.8 Å². The average molecular weight is 688 g/mol. The van der Waals surface area contributed by atoms with Gasteiger partial charge in [-0.3, -0.25) is 0 Å². The average Bonchev–Trinajstić information content (AvgIpc) is 3.52. The van der Waals surface area contributed by atoms with Crippen molar-refractivity contribution in [2.45, 2.75) is 75.5 Å². The summed E-state index contributed by atoms with van der Waals surface area (Å²) in [5, 5.41) is 0. The van der Waals surface area contributed by atoms with E-state index in [0.29, 0.717) is 5.92 Å². The first kappa shape index (κ1) is 31.6. The van der Waals surface area contributed by atoms with Crippen molar-refractivity contribution >= 4 is 17.1 Å².